The Balaban J connectivity index is 3.83. The van der Waals surface area contributed by atoms with Crippen LogP contribution in [-0.2, 0) is 19.0 Å². The highest BCUT2D eigenvalue weighted by atomic mass is 16.5. The summed E-state index contributed by atoms with van der Waals surface area (Å²) in [5.41, 5.74) is 0. The second-order valence-corrected chi connectivity index (χ2v) is 4.44. The molecule has 0 rings (SSSR count). The molecule has 5 nitrogen and oxygen atoms in total. The van der Waals surface area contributed by atoms with E-state index in [0.717, 1.165) is 18.9 Å². The van der Waals surface area contributed by atoms with Gasteiger partial charge in [0.15, 0.2) is 0 Å². The van der Waals surface area contributed by atoms with Crippen LogP contribution < -0.4 is 0 Å². The summed E-state index contributed by atoms with van der Waals surface area (Å²) in [6.07, 6.45) is 6.88. The van der Waals surface area contributed by atoms with Gasteiger partial charge in [-0.2, -0.15) is 0 Å². The average Bonchev–Trinajstić information content (AvgIpc) is 2.43. The molecular weight excluding hydrogens is 260 g/mol. The van der Waals surface area contributed by atoms with Crippen molar-refractivity contribution in [2.24, 2.45) is 0 Å². The lowest BCUT2D eigenvalue weighted by molar-refractivity contribution is -0.131. The second-order valence-electron chi connectivity index (χ2n) is 4.44. The molecule has 1 N–H and O–H groups in total. The van der Waals surface area contributed by atoms with Crippen LogP contribution in [0, 0.1) is 0 Å². The Kier molecular flexibility index (Phi) is 13.8. The van der Waals surface area contributed by atoms with Gasteiger partial charge in [-0.25, -0.2) is 4.79 Å². The number of hydrogen-bond acceptors (Lipinski definition) is 4. The highest BCUT2D eigenvalue weighted by Gasteiger charge is 2.06. The number of carbonyl (C=O) groups is 1. The standard InChI is InChI=1S/C15H28O5/c1-3-5-6-7-10-19-13-14(8-9-15(16)17)20-12-11-18-4-2/h8-9,14H,3-7,10-13H2,1-2H3,(H,16,17). The summed E-state index contributed by atoms with van der Waals surface area (Å²) in [6, 6.07) is 0. The Morgan fingerprint density at radius 1 is 1.10 bits per heavy atom. The number of aliphatic carboxylic acids is 1. The van der Waals surface area contributed by atoms with Crippen molar-refractivity contribution in [1.29, 1.82) is 0 Å². The lowest BCUT2D eigenvalue weighted by Crippen LogP contribution is -2.21. The van der Waals surface area contributed by atoms with Crippen LogP contribution in [0.4, 0.5) is 0 Å². The lowest BCUT2D eigenvalue weighted by atomic mass is 10.2. The minimum absolute atomic E-state index is 0.335. The van der Waals surface area contributed by atoms with Crippen molar-refractivity contribution in [3.8, 4) is 0 Å². The van der Waals surface area contributed by atoms with E-state index in [4.69, 9.17) is 19.3 Å². The molecule has 0 spiro atoms. The largest absolute Gasteiger partial charge is 0.478 e. The van der Waals surface area contributed by atoms with Gasteiger partial charge >= 0.3 is 5.97 Å². The molecule has 0 aliphatic heterocycles. The number of unbranched alkanes of at least 4 members (excludes halogenated alkanes) is 3. The topological polar surface area (TPSA) is 65.0 Å². The van der Waals surface area contributed by atoms with Crippen LogP contribution in [0.1, 0.15) is 39.5 Å². The van der Waals surface area contributed by atoms with E-state index in [-0.39, 0.29) is 6.10 Å². The van der Waals surface area contributed by atoms with E-state index < -0.39 is 5.97 Å². The van der Waals surface area contributed by atoms with Gasteiger partial charge in [0, 0.05) is 19.3 Å². The summed E-state index contributed by atoms with van der Waals surface area (Å²) in [5.74, 6) is -0.980. The molecule has 0 fully saturated rings. The molecule has 20 heavy (non-hydrogen) atoms. The Morgan fingerprint density at radius 3 is 2.55 bits per heavy atom. The molecule has 0 aliphatic carbocycles. The summed E-state index contributed by atoms with van der Waals surface area (Å²) >= 11 is 0. The van der Waals surface area contributed by atoms with Crippen LogP contribution in [0.25, 0.3) is 0 Å². The zero-order valence-corrected chi connectivity index (χ0v) is 12.7. The molecule has 0 radical (unpaired) electrons. The molecule has 0 saturated carbocycles. The summed E-state index contributed by atoms with van der Waals surface area (Å²) in [5, 5.41) is 8.63. The molecule has 1 atom stereocenters. The zero-order valence-electron chi connectivity index (χ0n) is 12.7. The van der Waals surface area contributed by atoms with Crippen LogP contribution in [0.15, 0.2) is 12.2 Å². The fourth-order valence-corrected chi connectivity index (χ4v) is 1.58. The van der Waals surface area contributed by atoms with Crippen molar-refractivity contribution in [1.82, 2.24) is 0 Å². The number of rotatable bonds is 14. The molecule has 118 valence electrons. The third-order valence-electron chi connectivity index (χ3n) is 2.64. The van der Waals surface area contributed by atoms with E-state index in [0.29, 0.717) is 33.0 Å². The summed E-state index contributed by atoms with van der Waals surface area (Å²) in [4.78, 5) is 10.5. The van der Waals surface area contributed by atoms with Crippen LogP contribution >= 0.6 is 0 Å². The quantitative estimate of drug-likeness (QED) is 0.393. The van der Waals surface area contributed by atoms with Crippen molar-refractivity contribution in [3.05, 3.63) is 12.2 Å². The van der Waals surface area contributed by atoms with E-state index in [1.807, 2.05) is 6.92 Å². The molecule has 1 unspecified atom stereocenters. The van der Waals surface area contributed by atoms with Crippen molar-refractivity contribution < 1.29 is 24.1 Å². The Bertz CT molecular complexity index is 253. The first kappa shape index (κ1) is 19.1. The fraction of sp³-hybridized carbons (Fsp3) is 0.800. The van der Waals surface area contributed by atoms with Crippen molar-refractivity contribution >= 4 is 5.97 Å². The Labute approximate surface area is 121 Å². The maximum absolute atomic E-state index is 10.5. The third-order valence-corrected chi connectivity index (χ3v) is 2.64. The summed E-state index contributed by atoms with van der Waals surface area (Å²) in [7, 11) is 0. The number of carboxylic acids is 1. The van der Waals surface area contributed by atoms with E-state index in [1.54, 1.807) is 0 Å². The van der Waals surface area contributed by atoms with Crippen molar-refractivity contribution in [2.45, 2.75) is 45.6 Å². The van der Waals surface area contributed by atoms with Gasteiger partial charge in [0.2, 0.25) is 0 Å². The summed E-state index contributed by atoms with van der Waals surface area (Å²) < 4.78 is 16.2. The molecule has 5 heteroatoms. The molecule has 0 heterocycles. The summed E-state index contributed by atoms with van der Waals surface area (Å²) in [6.45, 7) is 6.73. The van der Waals surface area contributed by atoms with Crippen molar-refractivity contribution in [2.75, 3.05) is 33.0 Å². The van der Waals surface area contributed by atoms with Crippen LogP contribution in [0.2, 0.25) is 0 Å². The van der Waals surface area contributed by atoms with Gasteiger partial charge < -0.3 is 19.3 Å². The minimum Gasteiger partial charge on any atom is -0.478 e. The maximum atomic E-state index is 10.5. The van der Waals surface area contributed by atoms with Gasteiger partial charge in [0.05, 0.1) is 25.9 Å². The minimum atomic E-state index is -0.980. The number of hydrogen-bond donors (Lipinski definition) is 1. The van der Waals surface area contributed by atoms with E-state index in [2.05, 4.69) is 6.92 Å². The van der Waals surface area contributed by atoms with Gasteiger partial charge in [0.1, 0.15) is 0 Å². The van der Waals surface area contributed by atoms with Crippen LogP contribution in [0.3, 0.4) is 0 Å². The molecule has 0 amide bonds. The van der Waals surface area contributed by atoms with E-state index in [1.165, 1.54) is 18.9 Å². The van der Waals surface area contributed by atoms with Crippen LogP contribution in [0.5, 0.6) is 0 Å². The van der Waals surface area contributed by atoms with Gasteiger partial charge in [-0.05, 0) is 19.4 Å². The van der Waals surface area contributed by atoms with Gasteiger partial charge in [-0.1, -0.05) is 26.2 Å². The maximum Gasteiger partial charge on any atom is 0.328 e. The molecule has 0 bridgehead atoms. The first-order valence-corrected chi connectivity index (χ1v) is 7.38. The van der Waals surface area contributed by atoms with Crippen LogP contribution in [-0.4, -0.2) is 50.2 Å². The van der Waals surface area contributed by atoms with Gasteiger partial charge in [-0.15, -0.1) is 0 Å². The predicted octanol–water partition coefficient (Wildman–Crippen LogP) is 2.65. The monoisotopic (exact) mass is 288 g/mol. The first-order chi connectivity index (χ1) is 9.70. The normalized spacial score (nSPS) is 12.9. The smallest absolute Gasteiger partial charge is 0.328 e. The van der Waals surface area contributed by atoms with Gasteiger partial charge in [-0.3, -0.25) is 0 Å². The molecule has 0 aromatic heterocycles. The Morgan fingerprint density at radius 2 is 1.90 bits per heavy atom. The van der Waals surface area contributed by atoms with E-state index >= 15 is 0 Å². The van der Waals surface area contributed by atoms with Gasteiger partial charge in [0.25, 0.3) is 0 Å². The second kappa shape index (κ2) is 14.5. The lowest BCUT2D eigenvalue weighted by Gasteiger charge is -2.14. The fourth-order valence-electron chi connectivity index (χ4n) is 1.58. The highest BCUT2D eigenvalue weighted by Crippen LogP contribution is 2.01. The third kappa shape index (κ3) is 13.5. The molecular formula is C15H28O5. The first-order valence-electron chi connectivity index (χ1n) is 7.38. The average molecular weight is 288 g/mol. The molecule has 0 aliphatic rings. The molecule has 0 aromatic carbocycles. The number of carboxylic acid groups (broad SMARTS) is 1. The van der Waals surface area contributed by atoms with Crippen molar-refractivity contribution in [3.63, 3.8) is 0 Å². The Hall–Kier alpha value is -0.910. The SMILES string of the molecule is CCCCCCOCC(C=CC(=O)O)OCCOCC. The zero-order chi connectivity index (χ0) is 15.1. The number of ether oxygens (including phenoxy) is 3. The molecule has 0 aromatic rings. The predicted molar refractivity (Wildman–Crippen MR) is 78.0 cm³/mol. The molecule has 0 saturated heterocycles. The highest BCUT2D eigenvalue weighted by molar-refractivity contribution is 5.79. The van der Waals surface area contributed by atoms with E-state index in [9.17, 15) is 4.79 Å².